The SMILES string of the molecule is CC(C)(C)c1ccccc1.[H-].[Na+]. The standard InChI is InChI=1S/C10H14.Na.H/c1-10(2,3)9-7-5-4-6-8-9;;/h4-8H,1-3H3;;/q;+1;-1. The second-order valence-corrected chi connectivity index (χ2v) is 3.62. The number of rotatable bonds is 0. The van der Waals surface area contributed by atoms with Crippen LogP contribution in [0, 0.1) is 0 Å². The number of hydrogen-bond acceptors (Lipinski definition) is 0. The predicted octanol–water partition coefficient (Wildman–Crippen LogP) is 0.101. The molecule has 56 valence electrons. The smallest absolute Gasteiger partial charge is 1.00 e. The van der Waals surface area contributed by atoms with Crippen LogP contribution in [-0.2, 0) is 5.41 Å². The first-order chi connectivity index (χ1) is 4.61. The summed E-state index contributed by atoms with van der Waals surface area (Å²) < 4.78 is 0. The van der Waals surface area contributed by atoms with Crippen molar-refractivity contribution in [3.05, 3.63) is 35.9 Å². The molecule has 0 saturated carbocycles. The summed E-state index contributed by atoms with van der Waals surface area (Å²) in [6, 6.07) is 10.6. The molecular weight excluding hydrogens is 143 g/mol. The van der Waals surface area contributed by atoms with E-state index in [-0.39, 0.29) is 31.0 Å². The van der Waals surface area contributed by atoms with Crippen LogP contribution >= 0.6 is 0 Å². The van der Waals surface area contributed by atoms with Crippen LogP contribution in [0.15, 0.2) is 30.3 Å². The predicted molar refractivity (Wildman–Crippen MR) is 46.3 cm³/mol. The van der Waals surface area contributed by atoms with Gasteiger partial charge in [-0.2, -0.15) is 0 Å². The van der Waals surface area contributed by atoms with E-state index < -0.39 is 0 Å². The maximum atomic E-state index is 2.22. The molecule has 0 spiro atoms. The first-order valence-corrected chi connectivity index (χ1v) is 3.66. The molecular formula is C10H15Na. The van der Waals surface area contributed by atoms with Crippen LogP contribution in [0.2, 0.25) is 0 Å². The molecule has 0 saturated heterocycles. The van der Waals surface area contributed by atoms with Gasteiger partial charge >= 0.3 is 29.6 Å². The van der Waals surface area contributed by atoms with Gasteiger partial charge in [-0.15, -0.1) is 0 Å². The maximum absolute atomic E-state index is 2.22. The minimum atomic E-state index is 0. The van der Waals surface area contributed by atoms with Crippen LogP contribution in [-0.4, -0.2) is 0 Å². The molecule has 0 aliphatic carbocycles. The summed E-state index contributed by atoms with van der Waals surface area (Å²) >= 11 is 0. The van der Waals surface area contributed by atoms with Crippen molar-refractivity contribution in [2.45, 2.75) is 26.2 Å². The fraction of sp³-hybridized carbons (Fsp3) is 0.400. The Balaban J connectivity index is 0. The molecule has 0 aromatic heterocycles. The molecule has 0 unspecified atom stereocenters. The molecule has 0 nitrogen and oxygen atoms in total. The van der Waals surface area contributed by atoms with Crippen LogP contribution in [0.3, 0.4) is 0 Å². The molecule has 0 bridgehead atoms. The zero-order valence-electron chi connectivity index (χ0n) is 8.89. The minimum Gasteiger partial charge on any atom is -1.00 e. The van der Waals surface area contributed by atoms with Crippen molar-refractivity contribution in [1.29, 1.82) is 0 Å². The van der Waals surface area contributed by atoms with Gasteiger partial charge in [0.15, 0.2) is 0 Å². The van der Waals surface area contributed by atoms with Gasteiger partial charge in [-0.05, 0) is 11.0 Å². The van der Waals surface area contributed by atoms with Gasteiger partial charge in [0.2, 0.25) is 0 Å². The minimum absolute atomic E-state index is 0. The molecule has 0 atom stereocenters. The Hall–Kier alpha value is 0.220. The second-order valence-electron chi connectivity index (χ2n) is 3.62. The summed E-state index contributed by atoms with van der Waals surface area (Å²) in [6.07, 6.45) is 0. The summed E-state index contributed by atoms with van der Waals surface area (Å²) in [6.45, 7) is 6.67. The Bertz CT molecular complexity index is 201. The van der Waals surface area contributed by atoms with Crippen molar-refractivity contribution in [2.75, 3.05) is 0 Å². The molecule has 0 amide bonds. The van der Waals surface area contributed by atoms with E-state index in [1.165, 1.54) is 5.56 Å². The Morgan fingerprint density at radius 3 is 1.73 bits per heavy atom. The monoisotopic (exact) mass is 158 g/mol. The number of hydrogen-bond donors (Lipinski definition) is 0. The molecule has 11 heavy (non-hydrogen) atoms. The zero-order valence-corrected chi connectivity index (χ0v) is 9.89. The van der Waals surface area contributed by atoms with Crippen molar-refractivity contribution < 1.29 is 31.0 Å². The largest absolute Gasteiger partial charge is 1.00 e. The summed E-state index contributed by atoms with van der Waals surface area (Å²) in [5.74, 6) is 0. The van der Waals surface area contributed by atoms with Gasteiger partial charge in [0.25, 0.3) is 0 Å². The van der Waals surface area contributed by atoms with Gasteiger partial charge in [-0.1, -0.05) is 51.1 Å². The van der Waals surface area contributed by atoms with Crippen LogP contribution in [0.5, 0.6) is 0 Å². The van der Waals surface area contributed by atoms with Gasteiger partial charge in [-0.25, -0.2) is 0 Å². The van der Waals surface area contributed by atoms with Crippen molar-refractivity contribution in [2.24, 2.45) is 0 Å². The fourth-order valence-corrected chi connectivity index (χ4v) is 0.938. The van der Waals surface area contributed by atoms with Crippen LogP contribution in [0.1, 0.15) is 27.8 Å². The third kappa shape index (κ3) is 3.42. The van der Waals surface area contributed by atoms with Gasteiger partial charge < -0.3 is 1.43 Å². The van der Waals surface area contributed by atoms with Gasteiger partial charge in [0, 0.05) is 0 Å². The molecule has 1 heteroatoms. The summed E-state index contributed by atoms with van der Waals surface area (Å²) in [5.41, 5.74) is 1.69. The van der Waals surface area contributed by atoms with E-state index in [0.29, 0.717) is 5.41 Å². The molecule has 0 heterocycles. The Morgan fingerprint density at radius 2 is 1.45 bits per heavy atom. The molecule has 0 aliphatic rings. The normalized spacial score (nSPS) is 10.5. The van der Waals surface area contributed by atoms with E-state index in [1.54, 1.807) is 0 Å². The molecule has 0 N–H and O–H groups in total. The Morgan fingerprint density at radius 1 is 1.00 bits per heavy atom. The summed E-state index contributed by atoms with van der Waals surface area (Å²) in [5, 5.41) is 0. The quantitative estimate of drug-likeness (QED) is 0.470. The molecule has 0 aliphatic heterocycles. The Kier molecular flexibility index (Phi) is 4.38. The van der Waals surface area contributed by atoms with E-state index in [4.69, 9.17) is 0 Å². The van der Waals surface area contributed by atoms with E-state index in [9.17, 15) is 0 Å². The Labute approximate surface area is 92.8 Å². The maximum Gasteiger partial charge on any atom is 1.00 e. The van der Waals surface area contributed by atoms with Gasteiger partial charge in [0.05, 0.1) is 0 Å². The van der Waals surface area contributed by atoms with E-state index in [1.807, 2.05) is 0 Å². The molecule has 1 rings (SSSR count). The third-order valence-electron chi connectivity index (χ3n) is 1.64. The van der Waals surface area contributed by atoms with E-state index >= 15 is 0 Å². The summed E-state index contributed by atoms with van der Waals surface area (Å²) in [7, 11) is 0. The van der Waals surface area contributed by atoms with E-state index in [2.05, 4.69) is 51.1 Å². The molecule has 1 aromatic carbocycles. The first-order valence-electron chi connectivity index (χ1n) is 3.66. The zero-order chi connectivity index (χ0) is 7.61. The van der Waals surface area contributed by atoms with E-state index in [0.717, 1.165) is 0 Å². The van der Waals surface area contributed by atoms with Gasteiger partial charge in [0.1, 0.15) is 0 Å². The molecule has 1 aromatic rings. The van der Waals surface area contributed by atoms with Crippen LogP contribution < -0.4 is 29.6 Å². The fourth-order valence-electron chi connectivity index (χ4n) is 0.938. The molecule has 0 radical (unpaired) electrons. The number of benzene rings is 1. The van der Waals surface area contributed by atoms with Crippen molar-refractivity contribution in [3.63, 3.8) is 0 Å². The second kappa shape index (κ2) is 4.30. The average molecular weight is 158 g/mol. The van der Waals surface area contributed by atoms with Crippen LogP contribution in [0.25, 0.3) is 0 Å². The summed E-state index contributed by atoms with van der Waals surface area (Å²) in [4.78, 5) is 0. The topological polar surface area (TPSA) is 0 Å². The first kappa shape index (κ1) is 11.2. The average Bonchev–Trinajstić information content (AvgIpc) is 1.88. The van der Waals surface area contributed by atoms with Crippen molar-refractivity contribution in [1.82, 2.24) is 0 Å². The van der Waals surface area contributed by atoms with Gasteiger partial charge in [-0.3, -0.25) is 0 Å². The van der Waals surface area contributed by atoms with Crippen molar-refractivity contribution in [3.8, 4) is 0 Å². The third-order valence-corrected chi connectivity index (χ3v) is 1.64. The van der Waals surface area contributed by atoms with Crippen LogP contribution in [0.4, 0.5) is 0 Å². The van der Waals surface area contributed by atoms with Crippen molar-refractivity contribution >= 4 is 0 Å². The molecule has 0 fully saturated rings.